The first kappa shape index (κ1) is 14.6. The average Bonchev–Trinajstić information content (AvgIpc) is 2.92. The standard InChI is InChI=1S/C16H19N5O/c1-2-3-8-21(20-15(22)9-17)11-19-14-10-18-13-7-5-4-6-12(13)16(14)21/h4-7,10-11H,2-3,8-9,17H2,1H3/p+1. The number of aromatic nitrogens is 1. The molecule has 1 amide bonds. The summed E-state index contributed by atoms with van der Waals surface area (Å²) in [5.74, 6) is -0.198. The minimum Gasteiger partial charge on any atom is -0.322 e. The summed E-state index contributed by atoms with van der Waals surface area (Å²) < 4.78 is 0.211. The van der Waals surface area contributed by atoms with Gasteiger partial charge in [-0.2, -0.15) is 10.4 Å². The van der Waals surface area contributed by atoms with E-state index < -0.39 is 0 Å². The van der Waals surface area contributed by atoms with E-state index in [0.29, 0.717) is 0 Å². The summed E-state index contributed by atoms with van der Waals surface area (Å²) in [5.41, 5.74) is 11.2. The van der Waals surface area contributed by atoms with Crippen LogP contribution in [0.15, 0.2) is 35.5 Å². The van der Waals surface area contributed by atoms with E-state index in [1.807, 2.05) is 24.3 Å². The van der Waals surface area contributed by atoms with Crippen LogP contribution in [-0.4, -0.2) is 30.3 Å². The largest absolute Gasteiger partial charge is 0.322 e. The van der Waals surface area contributed by atoms with Gasteiger partial charge >= 0.3 is 0 Å². The molecule has 1 aliphatic heterocycles. The Morgan fingerprint density at radius 1 is 1.36 bits per heavy atom. The number of amides is 1. The number of nitrogens with two attached hydrogens (primary N) is 1. The van der Waals surface area contributed by atoms with Crippen molar-refractivity contribution >= 4 is 34.5 Å². The van der Waals surface area contributed by atoms with Crippen LogP contribution in [0.2, 0.25) is 0 Å². The fraction of sp³-hybridized carbons (Fsp3) is 0.312. The smallest absolute Gasteiger partial charge is 0.279 e. The van der Waals surface area contributed by atoms with Crippen LogP contribution < -0.4 is 15.8 Å². The number of pyridine rings is 1. The number of hydrogen-bond donors (Lipinski definition) is 2. The van der Waals surface area contributed by atoms with Crippen LogP contribution in [0.1, 0.15) is 19.8 Å². The second-order valence-electron chi connectivity index (χ2n) is 5.44. The number of hydrogen-bond acceptors (Lipinski definition) is 4. The number of unbranched alkanes of at least 4 members (excludes halogenated alkanes) is 1. The molecular weight excluding hydrogens is 278 g/mol. The molecule has 0 saturated heterocycles. The summed E-state index contributed by atoms with van der Waals surface area (Å²) in [6.45, 7) is 2.82. The van der Waals surface area contributed by atoms with Crippen LogP contribution in [-0.2, 0) is 4.79 Å². The molecule has 1 atom stereocenters. The number of carbonyl (C=O) groups is 1. The number of aliphatic imine (C=N–C) groups is 1. The van der Waals surface area contributed by atoms with Crippen molar-refractivity contribution in [1.82, 2.24) is 15.0 Å². The molecule has 114 valence electrons. The van der Waals surface area contributed by atoms with Crippen LogP contribution in [0.5, 0.6) is 0 Å². The van der Waals surface area contributed by atoms with Gasteiger partial charge < -0.3 is 5.73 Å². The minimum atomic E-state index is -0.198. The predicted molar refractivity (Wildman–Crippen MR) is 88.7 cm³/mol. The number of para-hydroxylation sites is 1. The molecule has 3 rings (SSSR count). The van der Waals surface area contributed by atoms with Crippen molar-refractivity contribution in [2.45, 2.75) is 19.8 Å². The van der Waals surface area contributed by atoms with Gasteiger partial charge in [-0.15, -0.1) is 4.59 Å². The third-order valence-electron chi connectivity index (χ3n) is 3.89. The molecule has 1 aromatic heterocycles. The summed E-state index contributed by atoms with van der Waals surface area (Å²) in [4.78, 5) is 20.9. The van der Waals surface area contributed by atoms with E-state index in [9.17, 15) is 4.79 Å². The zero-order valence-corrected chi connectivity index (χ0v) is 12.6. The number of fused-ring (bicyclic) bond motifs is 3. The van der Waals surface area contributed by atoms with Crippen molar-refractivity contribution in [2.24, 2.45) is 10.7 Å². The van der Waals surface area contributed by atoms with Crippen LogP contribution in [0, 0.1) is 0 Å². The van der Waals surface area contributed by atoms with E-state index in [-0.39, 0.29) is 17.0 Å². The molecule has 22 heavy (non-hydrogen) atoms. The zero-order valence-electron chi connectivity index (χ0n) is 12.6. The molecule has 0 fully saturated rings. The Balaban J connectivity index is 2.16. The first-order valence-electron chi connectivity index (χ1n) is 7.52. The van der Waals surface area contributed by atoms with Crippen molar-refractivity contribution < 1.29 is 4.79 Å². The Morgan fingerprint density at radius 3 is 2.95 bits per heavy atom. The SMILES string of the molecule is CCCC[N+]1(NC(=O)CN)C=Nc2cnc3ccccc3c21. The molecule has 1 unspecified atom stereocenters. The lowest BCUT2D eigenvalue weighted by Crippen LogP contribution is -2.61. The van der Waals surface area contributed by atoms with Gasteiger partial charge in [0.05, 0.1) is 23.6 Å². The second kappa shape index (κ2) is 5.82. The van der Waals surface area contributed by atoms with E-state index in [2.05, 4.69) is 22.3 Å². The Morgan fingerprint density at radius 2 is 2.18 bits per heavy atom. The Hall–Kier alpha value is -2.31. The Bertz CT molecular complexity index is 742. The normalized spacial score (nSPS) is 19.4. The number of carbonyl (C=O) groups excluding carboxylic acids is 1. The van der Waals surface area contributed by atoms with Gasteiger partial charge in [-0.3, -0.25) is 9.78 Å². The van der Waals surface area contributed by atoms with Crippen LogP contribution in [0.3, 0.4) is 0 Å². The number of rotatable bonds is 5. The van der Waals surface area contributed by atoms with E-state index in [4.69, 9.17) is 5.73 Å². The number of quaternary nitrogens is 1. The summed E-state index contributed by atoms with van der Waals surface area (Å²) in [6.07, 6.45) is 5.54. The molecule has 0 saturated carbocycles. The molecule has 0 aliphatic carbocycles. The quantitative estimate of drug-likeness (QED) is 0.829. The van der Waals surface area contributed by atoms with Crippen molar-refractivity contribution in [1.29, 1.82) is 0 Å². The van der Waals surface area contributed by atoms with E-state index in [1.165, 1.54) is 0 Å². The number of benzene rings is 1. The molecule has 1 aromatic carbocycles. The summed E-state index contributed by atoms with van der Waals surface area (Å²) in [6, 6.07) is 7.91. The van der Waals surface area contributed by atoms with Gasteiger partial charge in [0, 0.05) is 0 Å². The molecule has 2 heterocycles. The topological polar surface area (TPSA) is 80.4 Å². The van der Waals surface area contributed by atoms with E-state index in [0.717, 1.165) is 41.7 Å². The maximum Gasteiger partial charge on any atom is 0.279 e. The molecule has 0 spiro atoms. The highest BCUT2D eigenvalue weighted by Crippen LogP contribution is 2.41. The van der Waals surface area contributed by atoms with Crippen molar-refractivity contribution in [3.63, 3.8) is 0 Å². The third kappa shape index (κ3) is 2.36. The fourth-order valence-corrected chi connectivity index (χ4v) is 2.83. The summed E-state index contributed by atoms with van der Waals surface area (Å²) in [5, 5.41) is 1.01. The van der Waals surface area contributed by atoms with Gasteiger partial charge in [-0.05, 0) is 18.6 Å². The molecule has 1 aliphatic rings. The lowest BCUT2D eigenvalue weighted by molar-refractivity contribution is -0.122. The number of nitrogens with one attached hydrogen (secondary N) is 1. The molecule has 6 nitrogen and oxygen atoms in total. The molecule has 3 N–H and O–H groups in total. The van der Waals surface area contributed by atoms with E-state index >= 15 is 0 Å². The maximum atomic E-state index is 12.0. The van der Waals surface area contributed by atoms with Crippen LogP contribution in [0.4, 0.5) is 11.4 Å². The molecular formula is C16H20N5O+. The Labute approximate surface area is 129 Å². The Kier molecular flexibility index (Phi) is 3.87. The molecule has 6 heteroatoms. The first-order valence-corrected chi connectivity index (χ1v) is 7.52. The van der Waals surface area contributed by atoms with Crippen molar-refractivity contribution in [3.8, 4) is 0 Å². The zero-order chi connectivity index (χ0) is 15.6. The van der Waals surface area contributed by atoms with Gasteiger partial charge in [0.1, 0.15) is 6.54 Å². The van der Waals surface area contributed by atoms with Crippen LogP contribution in [0.25, 0.3) is 10.9 Å². The highest BCUT2D eigenvalue weighted by molar-refractivity contribution is 6.04. The van der Waals surface area contributed by atoms with E-state index in [1.54, 1.807) is 12.5 Å². The lowest BCUT2D eigenvalue weighted by Gasteiger charge is -2.30. The van der Waals surface area contributed by atoms with Crippen molar-refractivity contribution in [3.05, 3.63) is 30.5 Å². The van der Waals surface area contributed by atoms with Gasteiger partial charge in [-0.1, -0.05) is 25.5 Å². The van der Waals surface area contributed by atoms with Gasteiger partial charge in [-0.25, -0.2) is 0 Å². The molecule has 0 bridgehead atoms. The van der Waals surface area contributed by atoms with Gasteiger partial charge in [0.15, 0.2) is 5.69 Å². The highest BCUT2D eigenvalue weighted by atomic mass is 16.2. The number of nitrogens with zero attached hydrogens (tertiary/aromatic N) is 3. The van der Waals surface area contributed by atoms with Crippen LogP contribution >= 0.6 is 0 Å². The monoisotopic (exact) mass is 298 g/mol. The predicted octanol–water partition coefficient (Wildman–Crippen LogP) is 2.01. The maximum absolute atomic E-state index is 12.0. The summed E-state index contributed by atoms with van der Waals surface area (Å²) in [7, 11) is 0. The third-order valence-corrected chi connectivity index (χ3v) is 3.89. The summed E-state index contributed by atoms with van der Waals surface area (Å²) >= 11 is 0. The fourth-order valence-electron chi connectivity index (χ4n) is 2.83. The molecule has 0 radical (unpaired) electrons. The second-order valence-corrected chi connectivity index (χ2v) is 5.44. The average molecular weight is 298 g/mol. The van der Waals surface area contributed by atoms with Gasteiger partial charge in [0.25, 0.3) is 5.91 Å². The first-order chi connectivity index (χ1) is 10.7. The lowest BCUT2D eigenvalue weighted by atomic mass is 10.1. The minimum absolute atomic E-state index is 0.0433. The van der Waals surface area contributed by atoms with Crippen molar-refractivity contribution in [2.75, 3.05) is 13.1 Å². The molecule has 2 aromatic rings. The van der Waals surface area contributed by atoms with Gasteiger partial charge in [0.2, 0.25) is 12.0 Å². The highest BCUT2D eigenvalue weighted by Gasteiger charge is 2.40.